The molecule has 2 unspecified atom stereocenters. The Kier molecular flexibility index (Phi) is 24.0. The van der Waals surface area contributed by atoms with Crippen molar-refractivity contribution in [3.8, 4) is 0 Å². The highest BCUT2D eigenvalue weighted by molar-refractivity contribution is 5.69. The second kappa shape index (κ2) is 22.7. The van der Waals surface area contributed by atoms with Crippen LogP contribution in [0.1, 0.15) is 125 Å². The maximum Gasteiger partial charge on any atom is 0.306 e. The zero-order valence-electron chi connectivity index (χ0n) is 18.4. The number of hydrogen-bond donors (Lipinski definition) is 2. The topological polar surface area (TPSA) is 58.6 Å². The fourth-order valence-corrected chi connectivity index (χ4v) is 3.32. The molecule has 0 radical (unpaired) electrons. The molecule has 4 nitrogen and oxygen atoms in total. The molecule has 0 aliphatic heterocycles. The number of nitrogens with one attached hydrogen (secondary N) is 1. The van der Waals surface area contributed by atoms with Crippen LogP contribution in [0.2, 0.25) is 0 Å². The Morgan fingerprint density at radius 1 is 0.857 bits per heavy atom. The summed E-state index contributed by atoms with van der Waals surface area (Å²) in [5.74, 6) is -0.00197. The molecule has 0 fully saturated rings. The molecule has 0 aliphatic rings. The predicted molar refractivity (Wildman–Crippen MR) is 122 cm³/mol. The number of ether oxygens (including phenoxy) is 1. The van der Waals surface area contributed by atoms with Crippen LogP contribution in [-0.4, -0.2) is 36.4 Å². The minimum Gasteiger partial charge on any atom is -0.462 e. The Balaban J connectivity index is 0. The average molecular weight is 402 g/mol. The third-order valence-electron chi connectivity index (χ3n) is 5.11. The molecule has 0 rings (SSSR count). The molecule has 0 saturated carbocycles. The standard InChI is InChI=1S/C23H47NO3.CH4/c1-4-6-7-8-10-13-17-22(16-5-2)27-23(26)18-14-11-9-12-15-19-24-21(3)20-25;/h21-22,24-25H,4-20H2,1-3H3;1H4. The summed E-state index contributed by atoms with van der Waals surface area (Å²) in [6.45, 7) is 7.55. The maximum atomic E-state index is 12.1. The predicted octanol–water partition coefficient (Wildman–Crippen LogP) is 6.40. The van der Waals surface area contributed by atoms with Crippen molar-refractivity contribution >= 4 is 5.97 Å². The van der Waals surface area contributed by atoms with Gasteiger partial charge < -0.3 is 15.2 Å². The first-order valence-corrected chi connectivity index (χ1v) is 11.7. The molecule has 2 N–H and O–H groups in total. The molecular formula is C24H51NO3. The fraction of sp³-hybridized carbons (Fsp3) is 0.958. The number of aliphatic hydroxyl groups is 1. The first-order valence-electron chi connectivity index (χ1n) is 11.7. The van der Waals surface area contributed by atoms with Gasteiger partial charge in [0.25, 0.3) is 0 Å². The Morgan fingerprint density at radius 3 is 2.11 bits per heavy atom. The normalized spacial score (nSPS) is 13.0. The van der Waals surface area contributed by atoms with Crippen LogP contribution < -0.4 is 5.32 Å². The van der Waals surface area contributed by atoms with E-state index in [1.54, 1.807) is 0 Å². The molecule has 0 saturated heterocycles. The molecule has 0 aromatic heterocycles. The van der Waals surface area contributed by atoms with Gasteiger partial charge in [0.1, 0.15) is 6.10 Å². The van der Waals surface area contributed by atoms with Crippen LogP contribution in [-0.2, 0) is 9.53 Å². The lowest BCUT2D eigenvalue weighted by atomic mass is 10.0. The first kappa shape index (κ1) is 29.6. The number of carbonyl (C=O) groups excluding carboxylic acids is 1. The number of esters is 1. The Labute approximate surface area is 176 Å². The van der Waals surface area contributed by atoms with Crippen molar-refractivity contribution in [3.05, 3.63) is 0 Å². The highest BCUT2D eigenvalue weighted by Crippen LogP contribution is 2.15. The Morgan fingerprint density at radius 2 is 1.46 bits per heavy atom. The second-order valence-electron chi connectivity index (χ2n) is 8.01. The van der Waals surface area contributed by atoms with E-state index in [0.717, 1.165) is 45.1 Å². The smallest absolute Gasteiger partial charge is 0.306 e. The van der Waals surface area contributed by atoms with E-state index in [1.807, 2.05) is 6.92 Å². The van der Waals surface area contributed by atoms with E-state index in [2.05, 4.69) is 19.2 Å². The minimum atomic E-state index is -0.00197. The van der Waals surface area contributed by atoms with Gasteiger partial charge in [0.2, 0.25) is 0 Å². The van der Waals surface area contributed by atoms with Gasteiger partial charge in [0, 0.05) is 12.5 Å². The van der Waals surface area contributed by atoms with E-state index < -0.39 is 0 Å². The van der Waals surface area contributed by atoms with E-state index in [1.165, 1.54) is 51.4 Å². The van der Waals surface area contributed by atoms with Crippen LogP contribution in [0.25, 0.3) is 0 Å². The van der Waals surface area contributed by atoms with Crippen molar-refractivity contribution in [2.24, 2.45) is 0 Å². The summed E-state index contributed by atoms with van der Waals surface area (Å²) in [5, 5.41) is 12.2. The summed E-state index contributed by atoms with van der Waals surface area (Å²) >= 11 is 0. The Hall–Kier alpha value is -0.610. The van der Waals surface area contributed by atoms with Gasteiger partial charge in [-0.05, 0) is 45.6 Å². The molecule has 2 atom stereocenters. The largest absolute Gasteiger partial charge is 0.462 e. The van der Waals surface area contributed by atoms with Crippen LogP contribution >= 0.6 is 0 Å². The molecule has 0 bridgehead atoms. The SMILES string of the molecule is C.CCCCCCCCC(CCC)OC(=O)CCCCCCCNC(C)CO. The summed E-state index contributed by atoms with van der Waals surface area (Å²) in [6.07, 6.45) is 17.1. The lowest BCUT2D eigenvalue weighted by molar-refractivity contribution is -0.150. The molecule has 0 aliphatic carbocycles. The molecule has 0 spiro atoms. The van der Waals surface area contributed by atoms with Gasteiger partial charge >= 0.3 is 5.97 Å². The fourth-order valence-electron chi connectivity index (χ4n) is 3.32. The number of rotatable bonds is 20. The van der Waals surface area contributed by atoms with Gasteiger partial charge in [-0.2, -0.15) is 0 Å². The highest BCUT2D eigenvalue weighted by Gasteiger charge is 2.13. The van der Waals surface area contributed by atoms with Crippen LogP contribution in [0.4, 0.5) is 0 Å². The number of aliphatic hydroxyl groups excluding tert-OH is 1. The molecule has 170 valence electrons. The molecule has 0 aromatic rings. The van der Waals surface area contributed by atoms with Gasteiger partial charge in [-0.3, -0.25) is 4.79 Å². The first-order chi connectivity index (χ1) is 13.1. The van der Waals surface area contributed by atoms with Gasteiger partial charge in [-0.1, -0.05) is 79.1 Å². The molecule has 4 heteroatoms. The van der Waals surface area contributed by atoms with Crippen molar-refractivity contribution in [2.75, 3.05) is 13.2 Å². The van der Waals surface area contributed by atoms with Crippen molar-refractivity contribution in [2.45, 2.75) is 137 Å². The molecule has 0 aromatic carbocycles. The number of carbonyl (C=O) groups is 1. The Bertz CT molecular complexity index is 323. The quantitative estimate of drug-likeness (QED) is 0.183. The van der Waals surface area contributed by atoms with Crippen molar-refractivity contribution < 1.29 is 14.6 Å². The highest BCUT2D eigenvalue weighted by atomic mass is 16.5. The summed E-state index contributed by atoms with van der Waals surface area (Å²) in [7, 11) is 0. The van der Waals surface area contributed by atoms with E-state index >= 15 is 0 Å². The zero-order chi connectivity index (χ0) is 20.2. The van der Waals surface area contributed by atoms with E-state index in [9.17, 15) is 4.79 Å². The summed E-state index contributed by atoms with van der Waals surface area (Å²) in [5.41, 5.74) is 0. The van der Waals surface area contributed by atoms with Crippen molar-refractivity contribution in [1.29, 1.82) is 0 Å². The van der Waals surface area contributed by atoms with Gasteiger partial charge in [-0.25, -0.2) is 0 Å². The second-order valence-corrected chi connectivity index (χ2v) is 8.01. The number of hydrogen-bond acceptors (Lipinski definition) is 4. The van der Waals surface area contributed by atoms with Gasteiger partial charge in [0.15, 0.2) is 0 Å². The van der Waals surface area contributed by atoms with Crippen molar-refractivity contribution in [3.63, 3.8) is 0 Å². The van der Waals surface area contributed by atoms with E-state index in [-0.39, 0.29) is 32.1 Å². The van der Waals surface area contributed by atoms with Crippen LogP contribution in [0.3, 0.4) is 0 Å². The van der Waals surface area contributed by atoms with Crippen LogP contribution in [0.5, 0.6) is 0 Å². The third-order valence-corrected chi connectivity index (χ3v) is 5.11. The molecule has 0 heterocycles. The van der Waals surface area contributed by atoms with E-state index in [4.69, 9.17) is 9.84 Å². The van der Waals surface area contributed by atoms with Crippen molar-refractivity contribution in [1.82, 2.24) is 5.32 Å². The maximum absolute atomic E-state index is 12.1. The summed E-state index contributed by atoms with van der Waals surface area (Å²) in [6, 6.07) is 0.187. The number of unbranched alkanes of at least 4 members (excludes halogenated alkanes) is 9. The average Bonchev–Trinajstić information content (AvgIpc) is 2.66. The lowest BCUT2D eigenvalue weighted by Gasteiger charge is -2.17. The van der Waals surface area contributed by atoms with Crippen LogP contribution in [0.15, 0.2) is 0 Å². The molecule has 28 heavy (non-hydrogen) atoms. The minimum absolute atomic E-state index is 0. The third kappa shape index (κ3) is 20.1. The molecular weight excluding hydrogens is 350 g/mol. The zero-order valence-corrected chi connectivity index (χ0v) is 18.4. The summed E-state index contributed by atoms with van der Waals surface area (Å²) in [4.78, 5) is 12.1. The summed E-state index contributed by atoms with van der Waals surface area (Å²) < 4.78 is 5.73. The lowest BCUT2D eigenvalue weighted by Crippen LogP contribution is -2.29. The molecule has 0 amide bonds. The van der Waals surface area contributed by atoms with E-state index in [0.29, 0.717) is 6.42 Å². The monoisotopic (exact) mass is 401 g/mol. The van der Waals surface area contributed by atoms with Crippen LogP contribution in [0, 0.1) is 0 Å². The van der Waals surface area contributed by atoms with Gasteiger partial charge in [-0.15, -0.1) is 0 Å². The van der Waals surface area contributed by atoms with Gasteiger partial charge in [0.05, 0.1) is 6.61 Å².